The number of rotatable bonds is 13. The Balaban J connectivity index is 1.41. The van der Waals surface area contributed by atoms with Crippen molar-refractivity contribution in [3.63, 3.8) is 0 Å². The van der Waals surface area contributed by atoms with Crippen LogP contribution in [0.1, 0.15) is 75.8 Å². The minimum absolute atomic E-state index is 0.333. The number of unbranched alkanes of at least 4 members (excludes halogenated alkanes) is 3. The number of benzene rings is 2. The van der Waals surface area contributed by atoms with Gasteiger partial charge in [0.1, 0.15) is 24.1 Å². The van der Waals surface area contributed by atoms with Crippen LogP contribution in [0.25, 0.3) is 0 Å². The predicted molar refractivity (Wildman–Crippen MR) is 130 cm³/mol. The molecular formula is C29H32O6. The second-order valence-corrected chi connectivity index (χ2v) is 9.84. The third kappa shape index (κ3) is 5.69. The maximum atomic E-state index is 13.0. The van der Waals surface area contributed by atoms with Crippen molar-refractivity contribution >= 4 is 24.5 Å². The summed E-state index contributed by atoms with van der Waals surface area (Å²) in [6.45, 7) is 2.10. The third-order valence-corrected chi connectivity index (χ3v) is 7.24. The van der Waals surface area contributed by atoms with Crippen molar-refractivity contribution in [1.82, 2.24) is 0 Å². The number of ether oxygens (including phenoxy) is 2. The number of hydrogen-bond acceptors (Lipinski definition) is 6. The summed E-state index contributed by atoms with van der Waals surface area (Å²) in [7, 11) is 0. The molecule has 2 saturated carbocycles. The van der Waals surface area contributed by atoms with Gasteiger partial charge in [0, 0.05) is 0 Å². The molecule has 2 aliphatic carbocycles. The van der Waals surface area contributed by atoms with E-state index in [2.05, 4.69) is 6.92 Å². The lowest BCUT2D eigenvalue weighted by atomic mass is 9.97. The van der Waals surface area contributed by atoms with Crippen molar-refractivity contribution in [2.45, 2.75) is 75.5 Å². The van der Waals surface area contributed by atoms with Crippen LogP contribution in [0.3, 0.4) is 0 Å². The Kier molecular flexibility index (Phi) is 7.48. The van der Waals surface area contributed by atoms with Gasteiger partial charge in [-0.05, 0) is 67.5 Å². The van der Waals surface area contributed by atoms with Crippen LogP contribution < -0.4 is 9.47 Å². The van der Waals surface area contributed by atoms with Crippen molar-refractivity contribution in [3.8, 4) is 11.5 Å². The first-order valence-corrected chi connectivity index (χ1v) is 12.5. The number of carbonyl (C=O) groups excluding carboxylic acids is 4. The topological polar surface area (TPSA) is 86.7 Å². The zero-order chi connectivity index (χ0) is 24.9. The monoisotopic (exact) mass is 476 g/mol. The molecule has 4 rings (SSSR count). The van der Waals surface area contributed by atoms with Gasteiger partial charge in [-0.2, -0.15) is 0 Å². The Morgan fingerprint density at radius 2 is 1.17 bits per heavy atom. The van der Waals surface area contributed by atoms with Crippen LogP contribution in [0.5, 0.6) is 11.5 Å². The Hall–Kier alpha value is -3.28. The SMILES string of the molecule is CCCCCCC(C(=O)Oc1ccc(C2(C=O)CC2)cc1)C(=O)Oc1ccc(C2(C=O)CC2)cc1. The minimum atomic E-state index is -1.04. The van der Waals surface area contributed by atoms with E-state index < -0.39 is 28.7 Å². The van der Waals surface area contributed by atoms with Gasteiger partial charge >= 0.3 is 11.9 Å². The Morgan fingerprint density at radius 3 is 1.51 bits per heavy atom. The van der Waals surface area contributed by atoms with Crippen LogP contribution >= 0.6 is 0 Å². The molecule has 0 spiro atoms. The first-order valence-electron chi connectivity index (χ1n) is 12.5. The van der Waals surface area contributed by atoms with Crippen molar-refractivity contribution in [1.29, 1.82) is 0 Å². The van der Waals surface area contributed by atoms with E-state index in [4.69, 9.17) is 9.47 Å². The highest BCUT2D eigenvalue weighted by molar-refractivity contribution is 5.96. The fraction of sp³-hybridized carbons (Fsp3) is 0.448. The quantitative estimate of drug-likeness (QED) is 0.129. The molecule has 6 nitrogen and oxygen atoms in total. The van der Waals surface area contributed by atoms with Crippen molar-refractivity contribution in [2.75, 3.05) is 0 Å². The fourth-order valence-electron chi connectivity index (χ4n) is 4.41. The van der Waals surface area contributed by atoms with Crippen LogP contribution in [0.4, 0.5) is 0 Å². The van der Waals surface area contributed by atoms with Crippen LogP contribution in [0.2, 0.25) is 0 Å². The summed E-state index contributed by atoms with van der Waals surface area (Å²) in [6.07, 6.45) is 9.32. The van der Waals surface area contributed by atoms with Crippen LogP contribution in [-0.4, -0.2) is 24.5 Å². The molecule has 0 radical (unpaired) electrons. The molecule has 0 saturated heterocycles. The van der Waals surface area contributed by atoms with Crippen LogP contribution in [0, 0.1) is 5.92 Å². The Morgan fingerprint density at radius 1 is 0.743 bits per heavy atom. The molecule has 2 aromatic rings. The lowest BCUT2D eigenvalue weighted by Crippen LogP contribution is -2.31. The molecular weight excluding hydrogens is 444 g/mol. The van der Waals surface area contributed by atoms with E-state index in [0.717, 1.165) is 68.6 Å². The second kappa shape index (κ2) is 10.5. The largest absolute Gasteiger partial charge is 0.426 e. The molecule has 0 heterocycles. The van der Waals surface area contributed by atoms with Gasteiger partial charge in [-0.15, -0.1) is 0 Å². The average molecular weight is 477 g/mol. The molecule has 0 amide bonds. The van der Waals surface area contributed by atoms with Gasteiger partial charge in [-0.1, -0.05) is 56.9 Å². The van der Waals surface area contributed by atoms with Gasteiger partial charge in [-0.3, -0.25) is 9.59 Å². The van der Waals surface area contributed by atoms with Gasteiger partial charge < -0.3 is 19.1 Å². The molecule has 0 atom stereocenters. The maximum absolute atomic E-state index is 13.0. The molecule has 35 heavy (non-hydrogen) atoms. The third-order valence-electron chi connectivity index (χ3n) is 7.24. The minimum Gasteiger partial charge on any atom is -0.426 e. The summed E-state index contributed by atoms with van der Waals surface area (Å²) in [6, 6.07) is 13.8. The van der Waals surface area contributed by atoms with Crippen LogP contribution in [0.15, 0.2) is 48.5 Å². The molecule has 184 valence electrons. The summed E-state index contributed by atoms with van der Waals surface area (Å²) in [4.78, 5) is 48.6. The van der Waals surface area contributed by atoms with Crippen LogP contribution in [-0.2, 0) is 30.0 Å². The molecule has 0 N–H and O–H groups in total. The van der Waals surface area contributed by atoms with E-state index >= 15 is 0 Å². The molecule has 2 fully saturated rings. The maximum Gasteiger partial charge on any atom is 0.325 e. The van der Waals surface area contributed by atoms with E-state index in [0.29, 0.717) is 24.3 Å². The second-order valence-electron chi connectivity index (χ2n) is 9.84. The van der Waals surface area contributed by atoms with E-state index in [-0.39, 0.29) is 0 Å². The summed E-state index contributed by atoms with van der Waals surface area (Å²) in [5.74, 6) is -1.67. The normalized spacial score (nSPS) is 16.9. The van der Waals surface area contributed by atoms with E-state index in [1.165, 1.54) is 0 Å². The highest BCUT2D eigenvalue weighted by Gasteiger charge is 2.45. The molecule has 0 bridgehead atoms. The molecule has 2 aliphatic rings. The number of carbonyl (C=O) groups is 4. The summed E-state index contributed by atoms with van der Waals surface area (Å²) in [5.41, 5.74) is 1.03. The van der Waals surface area contributed by atoms with E-state index in [1.54, 1.807) is 48.5 Å². The molecule has 6 heteroatoms. The summed E-state index contributed by atoms with van der Waals surface area (Å²) >= 11 is 0. The predicted octanol–water partition coefficient (Wildman–Crippen LogP) is 5.25. The van der Waals surface area contributed by atoms with Gasteiger partial charge in [0.2, 0.25) is 0 Å². The Bertz CT molecular complexity index is 980. The van der Waals surface area contributed by atoms with E-state index in [9.17, 15) is 19.2 Å². The highest BCUT2D eigenvalue weighted by Crippen LogP contribution is 2.47. The Labute approximate surface area is 206 Å². The number of esters is 2. The zero-order valence-corrected chi connectivity index (χ0v) is 20.2. The highest BCUT2D eigenvalue weighted by atomic mass is 16.6. The molecule has 0 unspecified atom stereocenters. The van der Waals surface area contributed by atoms with Gasteiger partial charge in [0.15, 0.2) is 5.92 Å². The molecule has 0 aromatic heterocycles. The molecule has 0 aliphatic heterocycles. The zero-order valence-electron chi connectivity index (χ0n) is 20.2. The standard InChI is InChI=1S/C29H32O6/c1-2-3-4-5-6-25(26(32)34-23-11-7-21(8-12-23)28(19-30)15-16-28)27(33)35-24-13-9-22(10-14-24)29(20-31)17-18-29/h7-14,19-20,25H,2-6,15-18H2,1H3. The first-order chi connectivity index (χ1) is 16.9. The van der Waals surface area contributed by atoms with Gasteiger partial charge in [0.25, 0.3) is 0 Å². The fourth-order valence-corrected chi connectivity index (χ4v) is 4.41. The lowest BCUT2D eigenvalue weighted by molar-refractivity contribution is -0.151. The average Bonchev–Trinajstić information content (AvgIpc) is 3.80. The summed E-state index contributed by atoms with van der Waals surface area (Å²) in [5, 5.41) is 0. The van der Waals surface area contributed by atoms with Crippen molar-refractivity contribution in [2.24, 2.45) is 5.92 Å². The van der Waals surface area contributed by atoms with Crippen molar-refractivity contribution < 1.29 is 28.7 Å². The lowest BCUT2D eigenvalue weighted by Gasteiger charge is -2.16. The molecule has 2 aromatic carbocycles. The van der Waals surface area contributed by atoms with E-state index in [1.807, 2.05) is 0 Å². The van der Waals surface area contributed by atoms with Gasteiger partial charge in [0.05, 0.1) is 10.8 Å². The van der Waals surface area contributed by atoms with Crippen molar-refractivity contribution in [3.05, 3.63) is 59.7 Å². The smallest absolute Gasteiger partial charge is 0.325 e. The first kappa shape index (κ1) is 24.8. The summed E-state index contributed by atoms with van der Waals surface area (Å²) < 4.78 is 11.1. The number of aldehydes is 2. The number of hydrogen-bond donors (Lipinski definition) is 0. The van der Waals surface area contributed by atoms with Gasteiger partial charge in [-0.25, -0.2) is 0 Å².